The third kappa shape index (κ3) is 4.98. The molecule has 0 spiro atoms. The van der Waals surface area contributed by atoms with E-state index in [-0.39, 0.29) is 22.5 Å². The van der Waals surface area contributed by atoms with Gasteiger partial charge in [0.25, 0.3) is 5.56 Å². The second-order valence-corrected chi connectivity index (χ2v) is 9.89. The molecule has 172 valence electrons. The second kappa shape index (κ2) is 9.67. The number of likely N-dealkylation sites (tertiary alicyclic amines) is 1. The third-order valence-corrected chi connectivity index (χ3v) is 7.76. The van der Waals surface area contributed by atoms with Crippen LogP contribution in [0, 0.1) is 5.82 Å². The standard InChI is InChI=1S/C25H27FN4O2S/c26-18-7-5-17-6-8-24(31)30(21(17)15-18)14-13-29-11-9-19(10-12-29)27-16-23-25(32)28-20-3-1-2-4-22(20)33-23/h1-8,15,19,23,27H,9-14,16H2,(H,28,32). The van der Waals surface area contributed by atoms with E-state index in [9.17, 15) is 14.0 Å². The summed E-state index contributed by atoms with van der Waals surface area (Å²) in [7, 11) is 0. The number of thioether (sulfide) groups is 1. The molecular formula is C25H27FN4O2S. The monoisotopic (exact) mass is 466 g/mol. The molecule has 0 saturated carbocycles. The van der Waals surface area contributed by atoms with Crippen LogP contribution in [0.4, 0.5) is 10.1 Å². The van der Waals surface area contributed by atoms with E-state index in [0.717, 1.165) is 48.4 Å². The highest BCUT2D eigenvalue weighted by Gasteiger charge is 2.28. The van der Waals surface area contributed by atoms with E-state index >= 15 is 0 Å². The van der Waals surface area contributed by atoms with Crippen molar-refractivity contribution in [3.8, 4) is 0 Å². The first-order valence-corrected chi connectivity index (χ1v) is 12.3. The number of amides is 1. The SMILES string of the molecule is O=C1Nc2ccccc2SC1CNC1CCN(CCn2c(=O)ccc3ccc(F)cc32)CC1. The predicted molar refractivity (Wildman–Crippen MR) is 130 cm³/mol. The number of benzene rings is 2. The number of anilines is 1. The van der Waals surface area contributed by atoms with Gasteiger partial charge < -0.3 is 20.1 Å². The van der Waals surface area contributed by atoms with Crippen molar-refractivity contribution >= 4 is 34.3 Å². The number of carbonyl (C=O) groups is 1. The second-order valence-electron chi connectivity index (χ2n) is 8.64. The quantitative estimate of drug-likeness (QED) is 0.584. The van der Waals surface area contributed by atoms with Gasteiger partial charge in [-0.25, -0.2) is 4.39 Å². The number of pyridine rings is 1. The Kier molecular flexibility index (Phi) is 6.48. The fraction of sp³-hybridized carbons (Fsp3) is 0.360. The van der Waals surface area contributed by atoms with E-state index in [4.69, 9.17) is 0 Å². The fourth-order valence-electron chi connectivity index (χ4n) is 4.59. The van der Waals surface area contributed by atoms with E-state index in [1.807, 2.05) is 24.3 Å². The molecule has 2 N–H and O–H groups in total. The van der Waals surface area contributed by atoms with Gasteiger partial charge in [0.15, 0.2) is 0 Å². The Morgan fingerprint density at radius 2 is 1.82 bits per heavy atom. The highest BCUT2D eigenvalue weighted by atomic mass is 32.2. The Balaban J connectivity index is 1.12. The maximum absolute atomic E-state index is 13.7. The molecule has 2 aliphatic rings. The summed E-state index contributed by atoms with van der Waals surface area (Å²) < 4.78 is 15.4. The summed E-state index contributed by atoms with van der Waals surface area (Å²) in [5.74, 6) is -0.275. The van der Waals surface area contributed by atoms with Crippen LogP contribution in [0.2, 0.25) is 0 Å². The molecule has 1 amide bonds. The summed E-state index contributed by atoms with van der Waals surface area (Å²) >= 11 is 1.62. The summed E-state index contributed by atoms with van der Waals surface area (Å²) in [5, 5.41) is 7.32. The number of para-hydroxylation sites is 1. The number of nitrogens with zero attached hydrogens (tertiary/aromatic N) is 2. The van der Waals surface area contributed by atoms with Gasteiger partial charge in [0, 0.05) is 36.6 Å². The molecule has 0 bridgehead atoms. The molecule has 2 aromatic carbocycles. The highest BCUT2D eigenvalue weighted by Crippen LogP contribution is 2.35. The van der Waals surface area contributed by atoms with Crippen molar-refractivity contribution < 1.29 is 9.18 Å². The lowest BCUT2D eigenvalue weighted by molar-refractivity contribution is -0.115. The molecule has 8 heteroatoms. The minimum Gasteiger partial charge on any atom is -0.324 e. The highest BCUT2D eigenvalue weighted by molar-refractivity contribution is 8.01. The summed E-state index contributed by atoms with van der Waals surface area (Å²) in [6.45, 7) is 3.79. The lowest BCUT2D eigenvalue weighted by atomic mass is 10.0. The van der Waals surface area contributed by atoms with E-state index in [0.29, 0.717) is 24.6 Å². The Bertz CT molecular complexity index is 1220. The van der Waals surface area contributed by atoms with Crippen LogP contribution in [0.15, 0.2) is 64.3 Å². The van der Waals surface area contributed by atoms with Crippen molar-refractivity contribution in [2.75, 3.05) is 31.5 Å². The number of carbonyl (C=O) groups excluding carboxylic acids is 1. The summed E-state index contributed by atoms with van der Waals surface area (Å²) in [5.41, 5.74) is 1.43. The van der Waals surface area contributed by atoms with Crippen molar-refractivity contribution in [3.63, 3.8) is 0 Å². The Labute approximate surface area is 196 Å². The van der Waals surface area contributed by atoms with E-state index in [1.165, 1.54) is 12.1 Å². The van der Waals surface area contributed by atoms with Crippen molar-refractivity contribution in [1.29, 1.82) is 0 Å². The van der Waals surface area contributed by atoms with Gasteiger partial charge in [-0.2, -0.15) is 0 Å². The predicted octanol–water partition coefficient (Wildman–Crippen LogP) is 3.31. The number of hydrogen-bond donors (Lipinski definition) is 2. The average molecular weight is 467 g/mol. The molecule has 3 aromatic rings. The number of aromatic nitrogens is 1. The average Bonchev–Trinajstić information content (AvgIpc) is 2.83. The van der Waals surface area contributed by atoms with Gasteiger partial charge in [-0.3, -0.25) is 9.59 Å². The Morgan fingerprint density at radius 1 is 1.03 bits per heavy atom. The number of halogens is 1. The number of fused-ring (bicyclic) bond motifs is 2. The van der Waals surface area contributed by atoms with Gasteiger partial charge in [0.2, 0.25) is 5.91 Å². The van der Waals surface area contributed by atoms with Gasteiger partial charge in [0.05, 0.1) is 11.2 Å². The summed E-state index contributed by atoms with van der Waals surface area (Å²) in [4.78, 5) is 28.3. The molecule has 6 nitrogen and oxygen atoms in total. The molecule has 1 saturated heterocycles. The Morgan fingerprint density at radius 3 is 2.67 bits per heavy atom. The van der Waals surface area contributed by atoms with Crippen LogP contribution in [-0.2, 0) is 11.3 Å². The molecule has 2 aliphatic heterocycles. The van der Waals surface area contributed by atoms with Gasteiger partial charge in [-0.15, -0.1) is 11.8 Å². The van der Waals surface area contributed by atoms with Crippen molar-refractivity contribution in [1.82, 2.24) is 14.8 Å². The van der Waals surface area contributed by atoms with Crippen LogP contribution in [0.25, 0.3) is 10.9 Å². The van der Waals surface area contributed by atoms with Crippen LogP contribution < -0.4 is 16.2 Å². The first-order valence-electron chi connectivity index (χ1n) is 11.4. The molecule has 3 heterocycles. The van der Waals surface area contributed by atoms with E-state index in [2.05, 4.69) is 15.5 Å². The maximum Gasteiger partial charge on any atom is 0.251 e. The number of nitrogens with one attached hydrogen (secondary N) is 2. The number of piperidine rings is 1. The normalized spacial score (nSPS) is 19.4. The van der Waals surface area contributed by atoms with Gasteiger partial charge in [-0.1, -0.05) is 12.1 Å². The fourth-order valence-corrected chi connectivity index (χ4v) is 5.65. The maximum atomic E-state index is 13.7. The topological polar surface area (TPSA) is 66.4 Å². The molecule has 33 heavy (non-hydrogen) atoms. The lowest BCUT2D eigenvalue weighted by Crippen LogP contribution is -2.47. The largest absolute Gasteiger partial charge is 0.324 e. The van der Waals surface area contributed by atoms with E-state index < -0.39 is 0 Å². The summed E-state index contributed by atoms with van der Waals surface area (Å²) in [6, 6.07) is 16.1. The van der Waals surface area contributed by atoms with Crippen LogP contribution >= 0.6 is 11.8 Å². The third-order valence-electron chi connectivity index (χ3n) is 6.48. The first-order chi connectivity index (χ1) is 16.1. The Hall–Kier alpha value is -2.68. The van der Waals surface area contributed by atoms with Crippen molar-refractivity contribution in [2.45, 2.75) is 35.6 Å². The van der Waals surface area contributed by atoms with Crippen LogP contribution in [0.5, 0.6) is 0 Å². The van der Waals surface area contributed by atoms with Gasteiger partial charge >= 0.3 is 0 Å². The zero-order valence-corrected chi connectivity index (χ0v) is 19.1. The minimum absolute atomic E-state index is 0.0561. The van der Waals surface area contributed by atoms with Crippen LogP contribution in [-0.4, -0.2) is 52.8 Å². The molecule has 0 radical (unpaired) electrons. The van der Waals surface area contributed by atoms with E-state index in [1.54, 1.807) is 34.5 Å². The zero-order valence-electron chi connectivity index (χ0n) is 18.3. The van der Waals surface area contributed by atoms with Gasteiger partial charge in [0.1, 0.15) is 11.1 Å². The number of hydrogen-bond acceptors (Lipinski definition) is 5. The molecule has 1 fully saturated rings. The molecule has 1 atom stereocenters. The van der Waals surface area contributed by atoms with Crippen LogP contribution in [0.1, 0.15) is 12.8 Å². The number of rotatable bonds is 6. The molecule has 1 aromatic heterocycles. The molecule has 1 unspecified atom stereocenters. The van der Waals surface area contributed by atoms with Crippen molar-refractivity contribution in [2.24, 2.45) is 0 Å². The smallest absolute Gasteiger partial charge is 0.251 e. The van der Waals surface area contributed by atoms with Gasteiger partial charge in [-0.05, 0) is 67.7 Å². The van der Waals surface area contributed by atoms with Crippen LogP contribution in [0.3, 0.4) is 0 Å². The molecular weight excluding hydrogens is 439 g/mol. The molecule has 0 aliphatic carbocycles. The lowest BCUT2D eigenvalue weighted by Gasteiger charge is -2.33. The first kappa shape index (κ1) is 22.1. The minimum atomic E-state index is -0.331. The molecule has 5 rings (SSSR count). The zero-order chi connectivity index (χ0) is 22.8. The summed E-state index contributed by atoms with van der Waals surface area (Å²) in [6.07, 6.45) is 1.99. The van der Waals surface area contributed by atoms with Crippen molar-refractivity contribution in [3.05, 3.63) is 70.8 Å².